The van der Waals surface area contributed by atoms with E-state index in [0.29, 0.717) is 12.0 Å². The molecule has 3 nitrogen and oxygen atoms in total. The standard InChI is InChI=1S/C22H20ClFO3/c1-3-27-22(26)21-17(15-8-9-19(24)18(23)11-15)10-16(12-20(21)25)14-6-4-13(2)5-7-14/h4-9,11-12,17,21H,3,10H2,1-2H3/t17-,21-/m1/s1. The first-order valence-corrected chi connectivity index (χ1v) is 9.21. The van der Waals surface area contributed by atoms with Crippen LogP contribution in [0.4, 0.5) is 4.39 Å². The molecule has 5 heteroatoms. The van der Waals surface area contributed by atoms with Crippen molar-refractivity contribution in [2.45, 2.75) is 26.2 Å². The number of esters is 1. The third-order valence-corrected chi connectivity index (χ3v) is 5.09. The lowest BCUT2D eigenvalue weighted by Gasteiger charge is -2.29. The summed E-state index contributed by atoms with van der Waals surface area (Å²) in [7, 11) is 0. The zero-order valence-corrected chi connectivity index (χ0v) is 15.9. The molecule has 140 valence electrons. The monoisotopic (exact) mass is 386 g/mol. The Morgan fingerprint density at radius 2 is 1.93 bits per heavy atom. The number of rotatable bonds is 4. The van der Waals surface area contributed by atoms with Gasteiger partial charge in [0.15, 0.2) is 5.78 Å². The molecule has 27 heavy (non-hydrogen) atoms. The summed E-state index contributed by atoms with van der Waals surface area (Å²) < 4.78 is 18.7. The van der Waals surface area contributed by atoms with Crippen molar-refractivity contribution in [2.75, 3.05) is 6.61 Å². The summed E-state index contributed by atoms with van der Waals surface area (Å²) in [6.45, 7) is 3.88. The smallest absolute Gasteiger partial charge is 0.317 e. The predicted molar refractivity (Wildman–Crippen MR) is 103 cm³/mol. The van der Waals surface area contributed by atoms with Crippen LogP contribution in [-0.2, 0) is 14.3 Å². The first-order valence-electron chi connectivity index (χ1n) is 8.83. The molecule has 0 spiro atoms. The summed E-state index contributed by atoms with van der Waals surface area (Å²) in [5.74, 6) is -2.82. The molecule has 0 saturated heterocycles. The molecule has 0 saturated carbocycles. The van der Waals surface area contributed by atoms with Crippen LogP contribution in [0.3, 0.4) is 0 Å². The van der Waals surface area contributed by atoms with Crippen LogP contribution in [0.15, 0.2) is 48.5 Å². The van der Waals surface area contributed by atoms with Gasteiger partial charge in [-0.1, -0.05) is 47.5 Å². The van der Waals surface area contributed by atoms with Gasteiger partial charge in [0.1, 0.15) is 11.7 Å². The molecule has 0 aliphatic heterocycles. The minimum atomic E-state index is -0.958. The Bertz CT molecular complexity index is 902. The lowest BCUT2D eigenvalue weighted by Crippen LogP contribution is -2.34. The van der Waals surface area contributed by atoms with Gasteiger partial charge in [-0.25, -0.2) is 4.39 Å². The molecule has 3 rings (SSSR count). The third kappa shape index (κ3) is 4.11. The Morgan fingerprint density at radius 3 is 2.56 bits per heavy atom. The van der Waals surface area contributed by atoms with Crippen molar-refractivity contribution in [3.63, 3.8) is 0 Å². The number of ketones is 1. The van der Waals surface area contributed by atoms with Crippen molar-refractivity contribution in [3.05, 3.63) is 76.1 Å². The van der Waals surface area contributed by atoms with Crippen molar-refractivity contribution in [1.82, 2.24) is 0 Å². The van der Waals surface area contributed by atoms with Crippen molar-refractivity contribution in [3.8, 4) is 0 Å². The van der Waals surface area contributed by atoms with E-state index < -0.39 is 23.6 Å². The van der Waals surface area contributed by atoms with E-state index in [1.807, 2.05) is 31.2 Å². The number of benzene rings is 2. The number of allylic oxidation sites excluding steroid dienone is 2. The molecule has 0 unspecified atom stereocenters. The fourth-order valence-electron chi connectivity index (χ4n) is 3.41. The lowest BCUT2D eigenvalue weighted by atomic mass is 9.73. The highest BCUT2D eigenvalue weighted by Gasteiger charge is 2.39. The lowest BCUT2D eigenvalue weighted by molar-refractivity contribution is -0.151. The molecule has 0 fully saturated rings. The summed E-state index contributed by atoms with van der Waals surface area (Å²) >= 11 is 5.94. The molecule has 0 bridgehead atoms. The van der Waals surface area contributed by atoms with Crippen LogP contribution in [0, 0.1) is 18.7 Å². The first-order chi connectivity index (χ1) is 12.9. The van der Waals surface area contributed by atoms with Crippen LogP contribution < -0.4 is 0 Å². The van der Waals surface area contributed by atoms with Crippen LogP contribution in [0.5, 0.6) is 0 Å². The quantitative estimate of drug-likeness (QED) is 0.542. The molecule has 2 aromatic carbocycles. The van der Waals surface area contributed by atoms with Crippen molar-refractivity contribution in [2.24, 2.45) is 5.92 Å². The molecular weight excluding hydrogens is 367 g/mol. The average Bonchev–Trinajstić information content (AvgIpc) is 2.64. The molecule has 0 aromatic heterocycles. The van der Waals surface area contributed by atoms with Crippen LogP contribution in [0.2, 0.25) is 5.02 Å². The number of hydrogen-bond donors (Lipinski definition) is 0. The first kappa shape index (κ1) is 19.3. The number of hydrogen-bond acceptors (Lipinski definition) is 3. The van der Waals surface area contributed by atoms with E-state index in [1.54, 1.807) is 13.0 Å². The van der Waals surface area contributed by atoms with Crippen molar-refractivity contribution < 1.29 is 18.7 Å². The zero-order chi connectivity index (χ0) is 19.6. The van der Waals surface area contributed by atoms with E-state index in [1.165, 1.54) is 18.2 Å². The van der Waals surface area contributed by atoms with Gasteiger partial charge in [0, 0.05) is 5.92 Å². The summed E-state index contributed by atoms with van der Waals surface area (Å²) in [5, 5.41) is -0.0333. The van der Waals surface area contributed by atoms with Gasteiger partial charge in [0.05, 0.1) is 11.6 Å². The highest BCUT2D eigenvalue weighted by atomic mass is 35.5. The topological polar surface area (TPSA) is 43.4 Å². The summed E-state index contributed by atoms with van der Waals surface area (Å²) in [5.41, 5.74) is 3.53. The Balaban J connectivity index is 2.04. The van der Waals surface area contributed by atoms with Gasteiger partial charge in [-0.2, -0.15) is 0 Å². The van der Waals surface area contributed by atoms with Gasteiger partial charge in [0.2, 0.25) is 0 Å². The van der Waals surface area contributed by atoms with Crippen LogP contribution in [0.1, 0.15) is 36.0 Å². The molecule has 1 aliphatic rings. The normalized spacial score (nSPS) is 19.6. The maximum atomic E-state index is 13.6. The van der Waals surface area contributed by atoms with Crippen LogP contribution in [0.25, 0.3) is 5.57 Å². The Kier molecular flexibility index (Phi) is 5.76. The fourth-order valence-corrected chi connectivity index (χ4v) is 3.60. The highest BCUT2D eigenvalue weighted by Crippen LogP contribution is 2.41. The number of aryl methyl sites for hydroxylation is 1. The van der Waals surface area contributed by atoms with Gasteiger partial charge < -0.3 is 4.74 Å². The van der Waals surface area contributed by atoms with E-state index in [9.17, 15) is 14.0 Å². The molecule has 0 radical (unpaired) electrons. The molecule has 2 aromatic rings. The van der Waals surface area contributed by atoms with Gasteiger partial charge in [-0.3, -0.25) is 9.59 Å². The molecule has 0 heterocycles. The molecule has 0 amide bonds. The summed E-state index contributed by atoms with van der Waals surface area (Å²) in [4.78, 5) is 25.3. The maximum Gasteiger partial charge on any atom is 0.317 e. The highest BCUT2D eigenvalue weighted by molar-refractivity contribution is 6.30. The van der Waals surface area contributed by atoms with E-state index in [4.69, 9.17) is 16.3 Å². The largest absolute Gasteiger partial charge is 0.465 e. The number of ether oxygens (including phenoxy) is 1. The predicted octanol–water partition coefficient (Wildman–Crippen LogP) is 5.11. The Morgan fingerprint density at radius 1 is 1.22 bits per heavy atom. The second-order valence-electron chi connectivity index (χ2n) is 6.65. The molecule has 2 atom stereocenters. The average molecular weight is 387 g/mol. The van der Waals surface area contributed by atoms with Crippen LogP contribution >= 0.6 is 11.6 Å². The third-order valence-electron chi connectivity index (χ3n) is 4.80. The zero-order valence-electron chi connectivity index (χ0n) is 15.2. The Labute approximate surface area is 162 Å². The van der Waals surface area contributed by atoms with E-state index in [0.717, 1.165) is 16.7 Å². The maximum absolute atomic E-state index is 13.6. The van der Waals surface area contributed by atoms with Gasteiger partial charge in [-0.15, -0.1) is 0 Å². The van der Waals surface area contributed by atoms with E-state index in [-0.39, 0.29) is 17.4 Å². The molecule has 0 N–H and O–H groups in total. The van der Waals surface area contributed by atoms with E-state index >= 15 is 0 Å². The number of halogens is 2. The number of carbonyl (C=O) groups is 2. The minimum Gasteiger partial charge on any atom is -0.465 e. The number of carbonyl (C=O) groups excluding carboxylic acids is 2. The fraction of sp³-hybridized carbons (Fsp3) is 0.273. The van der Waals surface area contributed by atoms with Gasteiger partial charge >= 0.3 is 5.97 Å². The van der Waals surface area contributed by atoms with E-state index in [2.05, 4.69) is 0 Å². The van der Waals surface area contributed by atoms with Gasteiger partial charge in [0.25, 0.3) is 0 Å². The molecule has 1 aliphatic carbocycles. The van der Waals surface area contributed by atoms with Crippen molar-refractivity contribution >= 4 is 28.9 Å². The summed E-state index contributed by atoms with van der Waals surface area (Å²) in [6, 6.07) is 12.2. The minimum absolute atomic E-state index is 0.0333. The van der Waals surface area contributed by atoms with Crippen molar-refractivity contribution in [1.29, 1.82) is 0 Å². The van der Waals surface area contributed by atoms with Gasteiger partial charge in [-0.05, 0) is 55.2 Å². The van der Waals surface area contributed by atoms with Crippen LogP contribution in [-0.4, -0.2) is 18.4 Å². The summed E-state index contributed by atoms with van der Waals surface area (Å²) in [6.07, 6.45) is 1.98. The molecular formula is C22H20ClFO3. The second kappa shape index (κ2) is 8.05. The SMILES string of the molecule is CCOC(=O)[C@H]1C(=O)C=C(c2ccc(C)cc2)C[C@@H]1c1ccc(F)c(Cl)c1. The second-order valence-corrected chi connectivity index (χ2v) is 7.06. The Hall–Kier alpha value is -2.46.